The molecule has 2 N–H and O–H groups in total. The highest BCUT2D eigenvalue weighted by Crippen LogP contribution is 2.44. The van der Waals surface area contributed by atoms with Crippen molar-refractivity contribution >= 4 is 11.7 Å². The zero-order valence-corrected chi connectivity index (χ0v) is 17.8. The van der Waals surface area contributed by atoms with Crippen molar-refractivity contribution in [2.75, 3.05) is 5.32 Å². The van der Waals surface area contributed by atoms with Crippen LogP contribution in [0.5, 0.6) is 11.5 Å². The molecule has 2 aromatic carbocycles. The Labute approximate surface area is 183 Å². The van der Waals surface area contributed by atoms with Crippen molar-refractivity contribution in [3.63, 3.8) is 0 Å². The molecule has 1 amide bonds. The van der Waals surface area contributed by atoms with Crippen LogP contribution < -0.4 is 15.6 Å². The van der Waals surface area contributed by atoms with Gasteiger partial charge in [-0.15, -0.1) is 0 Å². The van der Waals surface area contributed by atoms with E-state index in [0.717, 1.165) is 11.1 Å². The van der Waals surface area contributed by atoms with Crippen molar-refractivity contribution in [1.82, 2.24) is 19.7 Å². The molecule has 5 rings (SSSR count). The quantitative estimate of drug-likeness (QED) is 0.518. The Hall–Kier alpha value is -4.20. The number of para-hydroxylation sites is 2. The molecule has 8 heteroatoms. The van der Waals surface area contributed by atoms with Gasteiger partial charge in [0, 0.05) is 28.5 Å². The summed E-state index contributed by atoms with van der Waals surface area (Å²) in [6.07, 6.45) is 0. The molecule has 2 aromatic heterocycles. The van der Waals surface area contributed by atoms with Crippen LogP contribution in [0.1, 0.15) is 34.0 Å². The van der Waals surface area contributed by atoms with Gasteiger partial charge in [-0.05, 0) is 32.9 Å². The minimum atomic E-state index is -0.563. The first-order valence-electron chi connectivity index (χ1n) is 10.2. The first kappa shape index (κ1) is 19.7. The molecular weight excluding hydrogens is 406 g/mol. The Bertz CT molecular complexity index is 1370. The second-order valence-corrected chi connectivity index (χ2v) is 7.78. The number of rotatable bonds is 3. The van der Waals surface area contributed by atoms with E-state index in [0.29, 0.717) is 34.3 Å². The van der Waals surface area contributed by atoms with E-state index in [1.54, 1.807) is 19.9 Å². The van der Waals surface area contributed by atoms with Gasteiger partial charge in [-0.2, -0.15) is 9.78 Å². The number of H-pyrrole nitrogens is 1. The minimum absolute atomic E-state index is 0.236. The average Bonchev–Trinajstić information content (AvgIpc) is 3.15. The lowest BCUT2D eigenvalue weighted by Gasteiger charge is -2.27. The molecule has 0 fully saturated rings. The number of hydrogen-bond acceptors (Lipinski definition) is 5. The standard InChI is InChI=1S/C24H21N5O3/c1-13-12-20(29(28-13)24-25-15(3)14(2)22(30)27-24)26-23(31)21-16-8-4-6-10-18(16)32-19-11-7-5-9-17(19)21/h4-12,21H,1-3H3,(H,26,31)(H,25,27,30). The Balaban J connectivity index is 1.56. The van der Waals surface area contributed by atoms with Gasteiger partial charge in [0.15, 0.2) is 0 Å². The SMILES string of the molecule is Cc1cc(NC(=O)C2c3ccccc3Oc3ccccc32)n(-c2nc(C)c(C)c(=O)[nH]2)n1. The molecule has 0 radical (unpaired) electrons. The molecule has 0 atom stereocenters. The van der Waals surface area contributed by atoms with Crippen LogP contribution in [-0.2, 0) is 4.79 Å². The van der Waals surface area contributed by atoms with Crippen molar-refractivity contribution in [2.45, 2.75) is 26.7 Å². The maximum atomic E-state index is 13.6. The van der Waals surface area contributed by atoms with E-state index in [-0.39, 0.29) is 17.4 Å². The smallest absolute Gasteiger partial charge is 0.255 e. The molecule has 4 aromatic rings. The Morgan fingerprint density at radius 1 is 1.03 bits per heavy atom. The molecule has 0 unspecified atom stereocenters. The third kappa shape index (κ3) is 3.26. The zero-order valence-electron chi connectivity index (χ0n) is 17.8. The first-order chi connectivity index (χ1) is 15.4. The second-order valence-electron chi connectivity index (χ2n) is 7.78. The van der Waals surface area contributed by atoms with E-state index in [1.165, 1.54) is 4.68 Å². The van der Waals surface area contributed by atoms with Crippen molar-refractivity contribution in [2.24, 2.45) is 0 Å². The third-order valence-corrected chi connectivity index (χ3v) is 5.61. The number of aromatic amines is 1. The molecule has 8 nitrogen and oxygen atoms in total. The Morgan fingerprint density at radius 3 is 2.28 bits per heavy atom. The number of anilines is 1. The number of nitrogens with zero attached hydrogens (tertiary/aromatic N) is 3. The summed E-state index contributed by atoms with van der Waals surface area (Å²) in [5.41, 5.74) is 3.13. The van der Waals surface area contributed by atoms with E-state index in [2.05, 4.69) is 20.4 Å². The van der Waals surface area contributed by atoms with Crippen LogP contribution in [0, 0.1) is 20.8 Å². The molecule has 0 aliphatic carbocycles. The summed E-state index contributed by atoms with van der Waals surface area (Å²) >= 11 is 0. The average molecular weight is 427 g/mol. The maximum absolute atomic E-state index is 13.6. The van der Waals surface area contributed by atoms with E-state index in [9.17, 15) is 9.59 Å². The van der Waals surface area contributed by atoms with Gasteiger partial charge < -0.3 is 10.1 Å². The summed E-state index contributed by atoms with van der Waals surface area (Å²) in [5, 5.41) is 7.40. The molecule has 32 heavy (non-hydrogen) atoms. The third-order valence-electron chi connectivity index (χ3n) is 5.61. The highest BCUT2D eigenvalue weighted by atomic mass is 16.5. The second kappa shape index (κ2) is 7.49. The summed E-state index contributed by atoms with van der Waals surface area (Å²) < 4.78 is 7.44. The lowest BCUT2D eigenvalue weighted by Crippen LogP contribution is -2.26. The fourth-order valence-corrected chi connectivity index (χ4v) is 3.87. The normalized spacial score (nSPS) is 12.6. The zero-order chi connectivity index (χ0) is 22.4. The molecule has 1 aliphatic heterocycles. The minimum Gasteiger partial charge on any atom is -0.457 e. The summed E-state index contributed by atoms with van der Waals surface area (Å²) in [6.45, 7) is 5.28. The molecule has 160 valence electrons. The van der Waals surface area contributed by atoms with Crippen LogP contribution in [0.15, 0.2) is 59.4 Å². The summed E-state index contributed by atoms with van der Waals surface area (Å²) in [5.74, 6) is 1.16. The number of carbonyl (C=O) groups excluding carboxylic acids is 1. The monoisotopic (exact) mass is 427 g/mol. The number of aryl methyl sites for hydroxylation is 2. The number of ether oxygens (including phenoxy) is 1. The van der Waals surface area contributed by atoms with Crippen LogP contribution in [0.4, 0.5) is 5.82 Å². The highest BCUT2D eigenvalue weighted by Gasteiger charge is 2.33. The van der Waals surface area contributed by atoms with Crippen LogP contribution >= 0.6 is 0 Å². The van der Waals surface area contributed by atoms with Gasteiger partial charge in [0.25, 0.3) is 5.56 Å². The maximum Gasteiger partial charge on any atom is 0.255 e. The predicted molar refractivity (Wildman–Crippen MR) is 120 cm³/mol. The van der Waals surface area contributed by atoms with Gasteiger partial charge in [0.2, 0.25) is 11.9 Å². The van der Waals surface area contributed by atoms with Gasteiger partial charge in [-0.25, -0.2) is 4.98 Å². The lowest BCUT2D eigenvalue weighted by atomic mass is 9.87. The number of hydrogen-bond donors (Lipinski definition) is 2. The molecule has 0 saturated heterocycles. The van der Waals surface area contributed by atoms with Gasteiger partial charge >= 0.3 is 0 Å². The topological polar surface area (TPSA) is 102 Å². The van der Waals surface area contributed by atoms with Gasteiger partial charge in [0.05, 0.1) is 11.6 Å². The van der Waals surface area contributed by atoms with Crippen molar-refractivity contribution in [3.05, 3.63) is 93.0 Å². The van der Waals surface area contributed by atoms with Crippen LogP contribution in [0.25, 0.3) is 5.95 Å². The molecule has 1 aliphatic rings. The van der Waals surface area contributed by atoms with Crippen molar-refractivity contribution < 1.29 is 9.53 Å². The Kier molecular flexibility index (Phi) is 4.62. The molecular formula is C24H21N5O3. The van der Waals surface area contributed by atoms with Gasteiger partial charge in [-0.1, -0.05) is 36.4 Å². The summed E-state index contributed by atoms with van der Waals surface area (Å²) in [4.78, 5) is 33.0. The van der Waals surface area contributed by atoms with E-state index in [4.69, 9.17) is 4.74 Å². The summed E-state index contributed by atoms with van der Waals surface area (Å²) in [6, 6.07) is 16.7. The molecule has 0 saturated carbocycles. The molecule has 3 heterocycles. The fourth-order valence-electron chi connectivity index (χ4n) is 3.87. The van der Waals surface area contributed by atoms with Gasteiger partial charge in [0.1, 0.15) is 17.3 Å². The Morgan fingerprint density at radius 2 is 1.66 bits per heavy atom. The number of amides is 1. The van der Waals surface area contributed by atoms with Crippen LogP contribution in [0.2, 0.25) is 0 Å². The van der Waals surface area contributed by atoms with E-state index >= 15 is 0 Å². The number of benzene rings is 2. The largest absolute Gasteiger partial charge is 0.457 e. The summed E-state index contributed by atoms with van der Waals surface area (Å²) in [7, 11) is 0. The fraction of sp³-hybridized carbons (Fsp3) is 0.167. The molecule has 0 spiro atoms. The lowest BCUT2D eigenvalue weighted by molar-refractivity contribution is -0.116. The predicted octanol–water partition coefficient (Wildman–Crippen LogP) is 3.76. The van der Waals surface area contributed by atoms with Crippen molar-refractivity contribution in [3.8, 4) is 17.4 Å². The van der Waals surface area contributed by atoms with Gasteiger partial charge in [-0.3, -0.25) is 14.6 Å². The number of nitrogens with one attached hydrogen (secondary N) is 2. The van der Waals surface area contributed by atoms with E-state index < -0.39 is 5.92 Å². The van der Waals surface area contributed by atoms with Crippen LogP contribution in [-0.4, -0.2) is 25.7 Å². The number of aromatic nitrogens is 4. The van der Waals surface area contributed by atoms with E-state index in [1.807, 2.05) is 55.5 Å². The number of fused-ring (bicyclic) bond motifs is 2. The first-order valence-corrected chi connectivity index (χ1v) is 10.2. The van der Waals surface area contributed by atoms with Crippen LogP contribution in [0.3, 0.4) is 0 Å². The van der Waals surface area contributed by atoms with Crippen molar-refractivity contribution in [1.29, 1.82) is 0 Å². The number of carbonyl (C=O) groups is 1. The highest BCUT2D eigenvalue weighted by molar-refractivity contribution is 5.99. The molecule has 0 bridgehead atoms.